The van der Waals surface area contributed by atoms with Gasteiger partial charge in [-0.3, -0.25) is 4.79 Å². The van der Waals surface area contributed by atoms with Gasteiger partial charge in [0.2, 0.25) is 5.91 Å². The third-order valence-corrected chi connectivity index (χ3v) is 3.79. The van der Waals surface area contributed by atoms with Gasteiger partial charge in [0.25, 0.3) is 0 Å². The van der Waals surface area contributed by atoms with Gasteiger partial charge in [0.15, 0.2) is 5.11 Å². The van der Waals surface area contributed by atoms with Gasteiger partial charge in [0.05, 0.1) is 0 Å². The van der Waals surface area contributed by atoms with Crippen LogP contribution in [0.4, 0.5) is 5.69 Å². The van der Waals surface area contributed by atoms with Crippen molar-refractivity contribution < 1.29 is 14.7 Å². The number of hydrogen-bond donors (Lipinski definition) is 3. The van der Waals surface area contributed by atoms with Crippen molar-refractivity contribution in [3.05, 3.63) is 30.3 Å². The molecule has 1 aliphatic heterocycles. The number of aliphatic carboxylic acids is 1. The largest absolute Gasteiger partial charge is 0.480 e. The average molecular weight is 321 g/mol. The van der Waals surface area contributed by atoms with Crippen molar-refractivity contribution in [1.29, 1.82) is 0 Å². The highest BCUT2D eigenvalue weighted by molar-refractivity contribution is 7.80. The van der Waals surface area contributed by atoms with E-state index in [4.69, 9.17) is 17.3 Å². The molecule has 0 bridgehead atoms. The first kappa shape index (κ1) is 16.2. The Kier molecular flexibility index (Phi) is 5.32. The minimum absolute atomic E-state index is 0.248. The highest BCUT2D eigenvalue weighted by atomic mass is 32.1. The Labute approximate surface area is 134 Å². The molecule has 22 heavy (non-hydrogen) atoms. The quantitative estimate of drug-likeness (QED) is 0.728. The molecule has 1 aliphatic rings. The summed E-state index contributed by atoms with van der Waals surface area (Å²) in [7, 11) is 0. The Morgan fingerprint density at radius 1 is 1.36 bits per heavy atom. The van der Waals surface area contributed by atoms with Crippen molar-refractivity contribution in [2.75, 3.05) is 11.9 Å². The van der Waals surface area contributed by atoms with Crippen molar-refractivity contribution in [1.82, 2.24) is 10.2 Å². The Balaban J connectivity index is 1.91. The maximum Gasteiger partial charge on any atom is 0.326 e. The number of rotatable bonds is 4. The van der Waals surface area contributed by atoms with Gasteiger partial charge < -0.3 is 20.6 Å². The molecule has 1 amide bonds. The van der Waals surface area contributed by atoms with E-state index in [2.05, 4.69) is 10.6 Å². The smallest absolute Gasteiger partial charge is 0.326 e. The minimum Gasteiger partial charge on any atom is -0.480 e. The van der Waals surface area contributed by atoms with Crippen molar-refractivity contribution >= 4 is 34.9 Å². The summed E-state index contributed by atoms with van der Waals surface area (Å²) in [6.45, 7) is 2.15. The molecule has 2 unspecified atom stereocenters. The van der Waals surface area contributed by atoms with Gasteiger partial charge in [-0.25, -0.2) is 4.79 Å². The summed E-state index contributed by atoms with van der Waals surface area (Å²) >= 11 is 5.18. The van der Waals surface area contributed by atoms with E-state index >= 15 is 0 Å². The van der Waals surface area contributed by atoms with Crippen LogP contribution in [0.5, 0.6) is 0 Å². The minimum atomic E-state index is -0.956. The van der Waals surface area contributed by atoms with Crippen molar-refractivity contribution in [3.63, 3.8) is 0 Å². The van der Waals surface area contributed by atoms with Crippen LogP contribution in [-0.2, 0) is 9.59 Å². The first-order chi connectivity index (χ1) is 10.5. The first-order valence-electron chi connectivity index (χ1n) is 7.15. The number of carboxylic acid groups (broad SMARTS) is 1. The molecule has 3 N–H and O–H groups in total. The van der Waals surface area contributed by atoms with E-state index in [9.17, 15) is 9.59 Å². The van der Waals surface area contributed by atoms with Crippen LogP contribution in [0, 0.1) is 0 Å². The van der Waals surface area contributed by atoms with Crippen LogP contribution in [0.25, 0.3) is 0 Å². The Hall–Kier alpha value is -2.15. The molecule has 0 radical (unpaired) electrons. The number of anilines is 1. The molecule has 0 aliphatic carbocycles. The molecule has 6 nitrogen and oxygen atoms in total. The van der Waals surface area contributed by atoms with Crippen LogP contribution in [0.3, 0.4) is 0 Å². The molecular weight excluding hydrogens is 302 g/mol. The monoisotopic (exact) mass is 321 g/mol. The second-order valence-electron chi connectivity index (χ2n) is 5.21. The second-order valence-corrected chi connectivity index (χ2v) is 5.62. The van der Waals surface area contributed by atoms with Crippen molar-refractivity contribution in [2.45, 2.75) is 31.8 Å². The maximum absolute atomic E-state index is 12.4. The fourth-order valence-electron chi connectivity index (χ4n) is 2.48. The zero-order chi connectivity index (χ0) is 16.1. The summed E-state index contributed by atoms with van der Waals surface area (Å²) in [5.41, 5.74) is 0.823. The fraction of sp³-hybridized carbons (Fsp3) is 0.400. The van der Waals surface area contributed by atoms with Gasteiger partial charge in [0.1, 0.15) is 12.1 Å². The standard InChI is InChI=1S/C15H19N3O3S/c1-10(13(19)18-9-5-8-12(18)14(20)21)16-15(22)17-11-6-3-2-4-7-11/h2-4,6-7,10,12H,5,8-9H2,1H3,(H,20,21)(H2,16,17,22). The van der Waals surface area contributed by atoms with E-state index in [0.29, 0.717) is 24.5 Å². The van der Waals surface area contributed by atoms with Gasteiger partial charge in [-0.2, -0.15) is 0 Å². The number of hydrogen-bond acceptors (Lipinski definition) is 3. The molecule has 0 spiro atoms. The van der Waals surface area contributed by atoms with Crippen molar-refractivity contribution in [2.24, 2.45) is 0 Å². The summed E-state index contributed by atoms with van der Waals surface area (Å²) < 4.78 is 0. The predicted molar refractivity (Wildman–Crippen MR) is 87.6 cm³/mol. The van der Waals surface area contributed by atoms with Crippen LogP contribution in [0.1, 0.15) is 19.8 Å². The van der Waals surface area contributed by atoms with E-state index in [0.717, 1.165) is 5.69 Å². The highest BCUT2D eigenvalue weighted by Crippen LogP contribution is 2.18. The van der Waals surface area contributed by atoms with Gasteiger partial charge in [-0.05, 0) is 44.1 Å². The Bertz CT molecular complexity index is 564. The van der Waals surface area contributed by atoms with Crippen molar-refractivity contribution in [3.8, 4) is 0 Å². The lowest BCUT2D eigenvalue weighted by Crippen LogP contribution is -2.51. The van der Waals surface area contributed by atoms with E-state index in [1.54, 1.807) is 6.92 Å². The number of carboxylic acids is 1. The molecule has 1 heterocycles. The number of nitrogens with zero attached hydrogens (tertiary/aromatic N) is 1. The summed E-state index contributed by atoms with van der Waals surface area (Å²) in [5, 5.41) is 15.4. The zero-order valence-electron chi connectivity index (χ0n) is 12.3. The molecule has 1 saturated heterocycles. The molecule has 7 heteroatoms. The van der Waals surface area contributed by atoms with Crippen LogP contribution in [0.2, 0.25) is 0 Å². The molecule has 118 valence electrons. The number of amides is 1. The van der Waals surface area contributed by atoms with E-state index in [1.165, 1.54) is 4.90 Å². The summed E-state index contributed by atoms with van der Waals surface area (Å²) in [5.74, 6) is -1.20. The fourth-order valence-corrected chi connectivity index (χ4v) is 2.78. The Morgan fingerprint density at radius 2 is 2.05 bits per heavy atom. The predicted octanol–water partition coefficient (Wildman–Crippen LogP) is 1.44. The number of likely N-dealkylation sites (tertiary alicyclic amines) is 1. The number of nitrogens with one attached hydrogen (secondary N) is 2. The van der Waals surface area contributed by atoms with E-state index in [1.807, 2.05) is 30.3 Å². The SMILES string of the molecule is CC(NC(=S)Nc1ccccc1)C(=O)N1CCCC1C(=O)O. The molecule has 2 atom stereocenters. The van der Waals surface area contributed by atoms with Gasteiger partial charge in [0, 0.05) is 12.2 Å². The second kappa shape index (κ2) is 7.22. The summed E-state index contributed by atoms with van der Waals surface area (Å²) in [4.78, 5) is 24.9. The van der Waals surface area contributed by atoms with Gasteiger partial charge in [-0.1, -0.05) is 18.2 Å². The number of thiocarbonyl (C=S) groups is 1. The number of para-hydroxylation sites is 1. The molecular formula is C15H19N3O3S. The molecule has 0 saturated carbocycles. The zero-order valence-corrected chi connectivity index (χ0v) is 13.1. The topological polar surface area (TPSA) is 81.7 Å². The third-order valence-electron chi connectivity index (χ3n) is 3.57. The lowest BCUT2D eigenvalue weighted by molar-refractivity contribution is -0.148. The maximum atomic E-state index is 12.4. The van der Waals surface area contributed by atoms with E-state index < -0.39 is 18.1 Å². The number of carbonyl (C=O) groups excluding carboxylic acids is 1. The summed E-state index contributed by atoms with van der Waals surface area (Å²) in [6, 6.07) is 8.06. The molecule has 1 aromatic carbocycles. The summed E-state index contributed by atoms with van der Waals surface area (Å²) in [6.07, 6.45) is 1.21. The van der Waals surface area contributed by atoms with Crippen LogP contribution < -0.4 is 10.6 Å². The number of carbonyl (C=O) groups is 2. The average Bonchev–Trinajstić information content (AvgIpc) is 2.96. The van der Waals surface area contributed by atoms with Crippen LogP contribution in [0.15, 0.2) is 30.3 Å². The highest BCUT2D eigenvalue weighted by Gasteiger charge is 2.35. The Morgan fingerprint density at radius 3 is 2.68 bits per heavy atom. The number of benzene rings is 1. The van der Waals surface area contributed by atoms with Crippen LogP contribution in [-0.4, -0.2) is 45.6 Å². The lowest BCUT2D eigenvalue weighted by Gasteiger charge is -2.26. The lowest BCUT2D eigenvalue weighted by atomic mass is 10.2. The van der Waals surface area contributed by atoms with Crippen LogP contribution >= 0.6 is 12.2 Å². The molecule has 1 fully saturated rings. The van der Waals surface area contributed by atoms with E-state index in [-0.39, 0.29) is 5.91 Å². The first-order valence-corrected chi connectivity index (χ1v) is 7.55. The molecule has 1 aromatic rings. The normalized spacial score (nSPS) is 18.6. The van der Waals surface area contributed by atoms with Gasteiger partial charge >= 0.3 is 5.97 Å². The third kappa shape index (κ3) is 3.94. The van der Waals surface area contributed by atoms with Gasteiger partial charge in [-0.15, -0.1) is 0 Å². The molecule has 2 rings (SSSR count). The molecule has 0 aromatic heterocycles.